The molecule has 1 rings (SSSR count). The van der Waals surface area contributed by atoms with E-state index in [1.54, 1.807) is 6.92 Å². The molecule has 0 amide bonds. The Balaban J connectivity index is 3.04. The zero-order chi connectivity index (χ0) is 12.4. The molecule has 3 N–H and O–H groups in total. The molecule has 0 fully saturated rings. The van der Waals surface area contributed by atoms with Gasteiger partial charge < -0.3 is 10.8 Å². The average molecular weight is 234 g/mol. The van der Waals surface area contributed by atoms with Crippen molar-refractivity contribution >= 4 is 0 Å². The van der Waals surface area contributed by atoms with Crippen LogP contribution in [0.25, 0.3) is 0 Å². The van der Waals surface area contributed by atoms with Crippen molar-refractivity contribution in [3.63, 3.8) is 0 Å². The van der Waals surface area contributed by atoms with Gasteiger partial charge in [-0.2, -0.15) is 13.2 Å². The van der Waals surface area contributed by atoms with Gasteiger partial charge in [0.2, 0.25) is 0 Å². The Labute approximate surface area is 91.1 Å². The molecule has 16 heavy (non-hydrogen) atoms. The van der Waals surface area contributed by atoms with Gasteiger partial charge in [0.05, 0.1) is 12.2 Å². The summed E-state index contributed by atoms with van der Waals surface area (Å²) >= 11 is 0. The van der Waals surface area contributed by atoms with E-state index < -0.39 is 17.2 Å². The standard InChI is InChI=1S/C10H13F3N2O/c1-9(5-14,6-16)8-3-2-7(4-15-8)10(11,12)13/h2-4,16H,5-6,14H2,1H3. The third-order valence-corrected chi connectivity index (χ3v) is 2.51. The second kappa shape index (κ2) is 4.39. The number of nitrogens with two attached hydrogens (primary N) is 1. The van der Waals surface area contributed by atoms with E-state index in [0.717, 1.165) is 12.3 Å². The maximum Gasteiger partial charge on any atom is 0.417 e. The van der Waals surface area contributed by atoms with E-state index in [0.29, 0.717) is 5.69 Å². The molecule has 0 aliphatic rings. The zero-order valence-corrected chi connectivity index (χ0v) is 8.75. The molecule has 1 aromatic heterocycles. The van der Waals surface area contributed by atoms with E-state index in [-0.39, 0.29) is 13.2 Å². The Morgan fingerprint density at radius 2 is 2.00 bits per heavy atom. The van der Waals surface area contributed by atoms with Gasteiger partial charge >= 0.3 is 6.18 Å². The summed E-state index contributed by atoms with van der Waals surface area (Å²) in [5.74, 6) is 0. The summed E-state index contributed by atoms with van der Waals surface area (Å²) in [6, 6.07) is 2.18. The lowest BCUT2D eigenvalue weighted by Crippen LogP contribution is -2.36. The summed E-state index contributed by atoms with van der Waals surface area (Å²) in [5, 5.41) is 9.13. The van der Waals surface area contributed by atoms with Crippen molar-refractivity contribution in [3.05, 3.63) is 29.6 Å². The predicted octanol–water partition coefficient (Wildman–Crippen LogP) is 1.31. The molecular weight excluding hydrogens is 221 g/mol. The van der Waals surface area contributed by atoms with E-state index in [1.807, 2.05) is 0 Å². The van der Waals surface area contributed by atoms with E-state index in [1.165, 1.54) is 6.07 Å². The van der Waals surface area contributed by atoms with Crippen LogP contribution >= 0.6 is 0 Å². The number of aromatic nitrogens is 1. The van der Waals surface area contributed by atoms with Gasteiger partial charge in [-0.15, -0.1) is 0 Å². The third kappa shape index (κ3) is 2.51. The van der Waals surface area contributed by atoms with Gasteiger partial charge in [0.15, 0.2) is 0 Å². The number of hydrogen-bond acceptors (Lipinski definition) is 3. The van der Waals surface area contributed by atoms with Gasteiger partial charge in [-0.1, -0.05) is 6.92 Å². The molecule has 0 radical (unpaired) electrons. The van der Waals surface area contributed by atoms with E-state index in [2.05, 4.69) is 4.98 Å². The molecule has 0 aliphatic carbocycles. The highest BCUT2D eigenvalue weighted by Gasteiger charge is 2.32. The largest absolute Gasteiger partial charge is 0.417 e. The fraction of sp³-hybridized carbons (Fsp3) is 0.500. The lowest BCUT2D eigenvalue weighted by Gasteiger charge is -2.24. The molecule has 0 spiro atoms. The van der Waals surface area contributed by atoms with Crippen LogP contribution in [0.5, 0.6) is 0 Å². The predicted molar refractivity (Wildman–Crippen MR) is 52.7 cm³/mol. The van der Waals surface area contributed by atoms with Gasteiger partial charge in [0.25, 0.3) is 0 Å². The summed E-state index contributed by atoms with van der Waals surface area (Å²) in [7, 11) is 0. The van der Waals surface area contributed by atoms with Crippen molar-refractivity contribution in [1.82, 2.24) is 4.98 Å². The summed E-state index contributed by atoms with van der Waals surface area (Å²) in [5.41, 5.74) is 4.19. The first-order valence-corrected chi connectivity index (χ1v) is 4.68. The molecule has 0 saturated heterocycles. The number of halogens is 3. The molecule has 1 aromatic rings. The van der Waals surface area contributed by atoms with E-state index in [4.69, 9.17) is 10.8 Å². The molecule has 1 heterocycles. The Hall–Kier alpha value is -1.14. The topological polar surface area (TPSA) is 59.1 Å². The summed E-state index contributed by atoms with van der Waals surface area (Å²) in [6.45, 7) is 1.49. The van der Waals surface area contributed by atoms with Crippen molar-refractivity contribution in [2.45, 2.75) is 18.5 Å². The lowest BCUT2D eigenvalue weighted by atomic mass is 9.87. The molecule has 0 bridgehead atoms. The van der Waals surface area contributed by atoms with Crippen LogP contribution in [-0.4, -0.2) is 23.2 Å². The molecule has 3 nitrogen and oxygen atoms in total. The van der Waals surface area contributed by atoms with Gasteiger partial charge in [-0.3, -0.25) is 4.98 Å². The van der Waals surface area contributed by atoms with Gasteiger partial charge in [0, 0.05) is 23.9 Å². The second-order valence-electron chi connectivity index (χ2n) is 3.85. The highest BCUT2D eigenvalue weighted by molar-refractivity contribution is 5.22. The van der Waals surface area contributed by atoms with Crippen LogP contribution in [-0.2, 0) is 11.6 Å². The van der Waals surface area contributed by atoms with Crippen LogP contribution in [0.1, 0.15) is 18.2 Å². The first kappa shape index (κ1) is 12.9. The summed E-state index contributed by atoms with van der Waals surface area (Å²) in [4.78, 5) is 3.70. The monoisotopic (exact) mass is 234 g/mol. The van der Waals surface area contributed by atoms with Crippen LogP contribution in [0.4, 0.5) is 13.2 Å². The molecule has 1 atom stereocenters. The number of hydrogen-bond donors (Lipinski definition) is 2. The number of aliphatic hydroxyl groups excluding tert-OH is 1. The minimum absolute atomic E-state index is 0.113. The Kier molecular flexibility index (Phi) is 3.54. The minimum Gasteiger partial charge on any atom is -0.395 e. The van der Waals surface area contributed by atoms with Crippen LogP contribution < -0.4 is 5.73 Å². The summed E-state index contributed by atoms with van der Waals surface area (Å²) < 4.78 is 36.8. The van der Waals surface area contributed by atoms with Crippen molar-refractivity contribution in [2.24, 2.45) is 5.73 Å². The zero-order valence-electron chi connectivity index (χ0n) is 8.75. The molecule has 6 heteroatoms. The van der Waals surface area contributed by atoms with Gasteiger partial charge in [-0.25, -0.2) is 0 Å². The SMILES string of the molecule is CC(CN)(CO)c1ccc(C(F)(F)F)cn1. The second-order valence-corrected chi connectivity index (χ2v) is 3.85. The van der Waals surface area contributed by atoms with Crippen LogP contribution in [0.3, 0.4) is 0 Å². The first-order chi connectivity index (χ1) is 7.33. The van der Waals surface area contributed by atoms with Crippen molar-refractivity contribution in [1.29, 1.82) is 0 Å². The Bertz CT molecular complexity index is 344. The Morgan fingerprint density at radius 3 is 2.31 bits per heavy atom. The van der Waals surface area contributed by atoms with Crippen molar-refractivity contribution < 1.29 is 18.3 Å². The highest BCUT2D eigenvalue weighted by atomic mass is 19.4. The molecule has 90 valence electrons. The fourth-order valence-electron chi connectivity index (χ4n) is 1.17. The third-order valence-electron chi connectivity index (χ3n) is 2.51. The van der Waals surface area contributed by atoms with Crippen LogP contribution in [0.2, 0.25) is 0 Å². The van der Waals surface area contributed by atoms with Gasteiger partial charge in [0.1, 0.15) is 0 Å². The Morgan fingerprint density at radius 1 is 1.38 bits per heavy atom. The summed E-state index contributed by atoms with van der Waals surface area (Å²) in [6.07, 6.45) is -3.65. The minimum atomic E-state index is -4.40. The molecule has 0 saturated carbocycles. The molecule has 0 aromatic carbocycles. The number of pyridine rings is 1. The lowest BCUT2D eigenvalue weighted by molar-refractivity contribution is -0.137. The fourth-order valence-corrected chi connectivity index (χ4v) is 1.17. The number of rotatable bonds is 3. The molecular formula is C10H13F3N2O. The normalized spacial score (nSPS) is 15.9. The number of aliphatic hydroxyl groups is 1. The smallest absolute Gasteiger partial charge is 0.395 e. The maximum atomic E-state index is 12.3. The first-order valence-electron chi connectivity index (χ1n) is 4.68. The van der Waals surface area contributed by atoms with Crippen molar-refractivity contribution in [2.75, 3.05) is 13.2 Å². The average Bonchev–Trinajstić information content (AvgIpc) is 2.27. The van der Waals surface area contributed by atoms with Crippen molar-refractivity contribution in [3.8, 4) is 0 Å². The van der Waals surface area contributed by atoms with Crippen LogP contribution in [0, 0.1) is 0 Å². The van der Waals surface area contributed by atoms with E-state index in [9.17, 15) is 13.2 Å². The maximum absolute atomic E-state index is 12.3. The highest BCUT2D eigenvalue weighted by Crippen LogP contribution is 2.29. The van der Waals surface area contributed by atoms with Crippen LogP contribution in [0.15, 0.2) is 18.3 Å². The molecule has 1 unspecified atom stereocenters. The number of nitrogens with zero attached hydrogens (tertiary/aromatic N) is 1. The quantitative estimate of drug-likeness (QED) is 0.829. The van der Waals surface area contributed by atoms with Gasteiger partial charge in [-0.05, 0) is 12.1 Å². The van der Waals surface area contributed by atoms with E-state index >= 15 is 0 Å². The number of alkyl halides is 3. The molecule has 0 aliphatic heterocycles.